The first-order valence-electron chi connectivity index (χ1n) is 19.7. The van der Waals surface area contributed by atoms with Crippen molar-refractivity contribution in [1.82, 2.24) is 10.4 Å². The van der Waals surface area contributed by atoms with Crippen LogP contribution in [0.4, 0.5) is 35.1 Å². The zero-order chi connectivity index (χ0) is 51.8. The number of nitrogens with zero attached hydrogens (tertiary/aromatic N) is 1. The second-order valence-electron chi connectivity index (χ2n) is 14.7. The fourth-order valence-electron chi connectivity index (χ4n) is 7.73. The molecule has 2 aromatic rings. The molecule has 0 saturated carbocycles. The molecule has 0 aromatic heterocycles. The van der Waals surface area contributed by atoms with E-state index in [1.165, 1.54) is 0 Å². The van der Waals surface area contributed by atoms with Gasteiger partial charge in [0.2, 0.25) is 0 Å². The van der Waals surface area contributed by atoms with Crippen molar-refractivity contribution in [3.05, 3.63) is 115 Å². The molecule has 0 bridgehead atoms. The summed E-state index contributed by atoms with van der Waals surface area (Å²) in [6, 6.07) is 2.70. The molecule has 27 heteroatoms. The quantitative estimate of drug-likeness (QED) is 0.0395. The van der Waals surface area contributed by atoms with Crippen molar-refractivity contribution in [2.45, 2.75) is 37.2 Å². The molecule has 69 heavy (non-hydrogen) atoms. The number of hydrogen-bond donors (Lipinski definition) is 5. The van der Waals surface area contributed by atoms with Crippen LogP contribution in [0.3, 0.4) is 0 Å². The molecule has 0 amide bonds. The number of halogens is 10. The molecule has 17 nitrogen and oxygen atoms in total. The van der Waals surface area contributed by atoms with Gasteiger partial charge < -0.3 is 50.8 Å². The summed E-state index contributed by atoms with van der Waals surface area (Å²) in [6.45, 7) is -5.57. The Kier molecular flexibility index (Phi) is 18.5. The Morgan fingerprint density at radius 3 is 1.80 bits per heavy atom. The number of esters is 3. The van der Waals surface area contributed by atoms with Crippen molar-refractivity contribution >= 4 is 59.0 Å². The highest BCUT2D eigenvalue weighted by Crippen LogP contribution is 2.55. The van der Waals surface area contributed by atoms with Crippen LogP contribution in [0.1, 0.15) is 41.0 Å². The zero-order valence-electron chi connectivity index (χ0n) is 35.8. The van der Waals surface area contributed by atoms with Gasteiger partial charge in [-0.25, -0.2) is 37.8 Å². The van der Waals surface area contributed by atoms with Gasteiger partial charge in [0, 0.05) is 31.2 Å². The Labute approximate surface area is 395 Å². The SMILES string of the molecule is COC(=O)C1=C(CF)NC(COCCN)=C(C(=O)OC(=O)/C=C\C(=O)ON2C(COCCN)=C(C(=O)O)C(c3cccc(Cl)c3C(F)(F)F)C(C)(C(=O)O)C2CF)C1c1cccc(Cl)c1C(F)(F)F. The van der Waals surface area contributed by atoms with Gasteiger partial charge in [0.05, 0.1) is 94.4 Å². The number of hydrogen-bond acceptors (Lipinski definition) is 15. The van der Waals surface area contributed by atoms with E-state index in [1.807, 2.05) is 0 Å². The molecule has 2 aromatic carbocycles. The van der Waals surface area contributed by atoms with Gasteiger partial charge in [0.25, 0.3) is 0 Å². The number of rotatable bonds is 19. The molecule has 4 rings (SSSR count). The summed E-state index contributed by atoms with van der Waals surface area (Å²) in [6.07, 6.45) is -10.3. The average molecular weight is 1030 g/mol. The first-order valence-corrected chi connectivity index (χ1v) is 20.5. The number of carbonyl (C=O) groups is 6. The second-order valence-corrected chi connectivity index (χ2v) is 15.5. The number of alkyl halides is 8. The van der Waals surface area contributed by atoms with E-state index in [1.54, 1.807) is 0 Å². The minimum atomic E-state index is -5.34. The highest BCUT2D eigenvalue weighted by atomic mass is 35.5. The third-order valence-corrected chi connectivity index (χ3v) is 11.2. The standard InChI is InChI=1S/C42H40Cl2F8N4O13/c1-40(39(63)64)26(16-46)56(25(18-67-14-12-54)32(36(59)60)35(40)20-6-4-8-22(44)34(20)42(50,51)52)69-28(58)10-9-27(57)68-38(62)31-24(17-66-13-11-53)55-23(15-45)30(37(61)65-2)29(31)19-5-3-7-21(43)33(19)41(47,48)49/h3-10,26,29,35,55H,11-18,53-54H2,1-2H3,(H,59,60)(H,63,64)/b10-9-. The van der Waals surface area contributed by atoms with E-state index < -0.39 is 171 Å². The summed E-state index contributed by atoms with van der Waals surface area (Å²) < 4.78 is 138. The summed E-state index contributed by atoms with van der Waals surface area (Å²) in [5, 5.41) is 21.7. The minimum absolute atomic E-state index is 0.120. The van der Waals surface area contributed by atoms with Crippen LogP contribution < -0.4 is 16.8 Å². The maximum Gasteiger partial charge on any atom is 0.418 e. The third-order valence-electron chi connectivity index (χ3n) is 10.6. The maximum absolute atomic E-state index is 15.4. The molecule has 0 fully saturated rings. The number of benzene rings is 2. The number of aliphatic carboxylic acids is 2. The lowest BCUT2D eigenvalue weighted by Gasteiger charge is -2.49. The van der Waals surface area contributed by atoms with Crippen LogP contribution in [-0.4, -0.2) is 117 Å². The summed E-state index contributed by atoms with van der Waals surface area (Å²) >= 11 is 11.9. The molecule has 376 valence electrons. The van der Waals surface area contributed by atoms with Crippen LogP contribution in [-0.2, 0) is 64.9 Å². The topological polar surface area (TPSA) is 256 Å². The Balaban J connectivity index is 1.85. The maximum atomic E-state index is 15.4. The lowest BCUT2D eigenvalue weighted by atomic mass is 9.62. The van der Waals surface area contributed by atoms with Crippen LogP contribution in [0.2, 0.25) is 10.0 Å². The van der Waals surface area contributed by atoms with Crippen LogP contribution in [0.25, 0.3) is 0 Å². The van der Waals surface area contributed by atoms with E-state index >= 15 is 4.39 Å². The van der Waals surface area contributed by atoms with Crippen LogP contribution in [0.5, 0.6) is 0 Å². The van der Waals surface area contributed by atoms with Crippen molar-refractivity contribution in [1.29, 1.82) is 0 Å². The number of carboxylic acid groups (broad SMARTS) is 2. The molecule has 4 unspecified atom stereocenters. The Hall–Kier alpha value is -6.12. The normalized spacial score (nSPS) is 20.0. The Morgan fingerprint density at radius 2 is 1.30 bits per heavy atom. The Morgan fingerprint density at radius 1 is 0.783 bits per heavy atom. The Bertz CT molecular complexity index is 2480. The molecule has 2 aliphatic rings. The van der Waals surface area contributed by atoms with Crippen molar-refractivity contribution in [3.8, 4) is 0 Å². The summed E-state index contributed by atoms with van der Waals surface area (Å²) in [4.78, 5) is 85.3. The van der Waals surface area contributed by atoms with E-state index in [-0.39, 0.29) is 36.9 Å². The number of hydroxylamine groups is 2. The second kappa shape index (κ2) is 23.0. The van der Waals surface area contributed by atoms with Crippen molar-refractivity contribution in [2.24, 2.45) is 16.9 Å². The molecular weight excluding hydrogens is 991 g/mol. The number of allylic oxidation sites excluding steroid dienone is 1. The fraction of sp³-hybridized carbons (Fsp3) is 0.381. The molecule has 2 aliphatic heterocycles. The largest absolute Gasteiger partial charge is 0.481 e. The smallest absolute Gasteiger partial charge is 0.418 e. The van der Waals surface area contributed by atoms with Gasteiger partial charge in [0.1, 0.15) is 24.8 Å². The number of dihydropyridines is 1. The number of carboxylic acids is 2. The van der Waals surface area contributed by atoms with Gasteiger partial charge in [-0.3, -0.25) is 4.79 Å². The van der Waals surface area contributed by atoms with Gasteiger partial charge >= 0.3 is 48.2 Å². The average Bonchev–Trinajstić information content (AvgIpc) is 3.26. The fourth-order valence-corrected chi connectivity index (χ4v) is 8.31. The van der Waals surface area contributed by atoms with E-state index in [9.17, 15) is 69.7 Å². The number of nitrogens with one attached hydrogen (secondary N) is 1. The minimum Gasteiger partial charge on any atom is -0.481 e. The van der Waals surface area contributed by atoms with Crippen LogP contribution in [0.15, 0.2) is 82.4 Å². The number of ether oxygens (including phenoxy) is 4. The monoisotopic (exact) mass is 1030 g/mol. The number of methoxy groups -OCH3 is 1. The first kappa shape index (κ1) is 55.5. The van der Waals surface area contributed by atoms with Gasteiger partial charge in [-0.1, -0.05) is 47.5 Å². The molecule has 7 N–H and O–H groups in total. The number of carbonyl (C=O) groups excluding carboxylic acids is 4. The van der Waals surface area contributed by atoms with E-state index in [0.717, 1.165) is 43.5 Å². The van der Waals surface area contributed by atoms with E-state index in [0.29, 0.717) is 6.92 Å². The summed E-state index contributed by atoms with van der Waals surface area (Å²) in [5.74, 6) is -15.7. The van der Waals surface area contributed by atoms with Crippen molar-refractivity contribution in [2.75, 3.05) is 60.0 Å². The van der Waals surface area contributed by atoms with Crippen molar-refractivity contribution in [3.63, 3.8) is 0 Å². The highest BCUT2D eigenvalue weighted by molar-refractivity contribution is 6.32. The molecule has 2 heterocycles. The van der Waals surface area contributed by atoms with Gasteiger partial charge in [-0.2, -0.15) is 26.3 Å². The number of nitrogens with two attached hydrogens (primary N) is 2. The lowest BCUT2D eigenvalue weighted by molar-refractivity contribution is -0.211. The lowest BCUT2D eigenvalue weighted by Crippen LogP contribution is -2.60. The summed E-state index contributed by atoms with van der Waals surface area (Å²) in [5.41, 5.74) is -2.48. The van der Waals surface area contributed by atoms with Gasteiger partial charge in [-0.15, -0.1) is 0 Å². The van der Waals surface area contributed by atoms with E-state index in [2.05, 4.69) is 5.32 Å². The predicted octanol–water partition coefficient (Wildman–Crippen LogP) is 5.27. The van der Waals surface area contributed by atoms with Gasteiger partial charge in [-0.05, 0) is 30.2 Å². The zero-order valence-corrected chi connectivity index (χ0v) is 37.3. The predicted molar refractivity (Wildman–Crippen MR) is 222 cm³/mol. The summed E-state index contributed by atoms with van der Waals surface area (Å²) in [7, 11) is 0.789. The molecule has 4 atom stereocenters. The molecule has 0 radical (unpaired) electrons. The molecule has 0 saturated heterocycles. The molecular formula is C42H40Cl2F8N4O13. The first-order chi connectivity index (χ1) is 32.4. The third kappa shape index (κ3) is 11.8. The van der Waals surface area contributed by atoms with Gasteiger partial charge in [0.15, 0.2) is 0 Å². The molecule has 0 aliphatic carbocycles. The van der Waals surface area contributed by atoms with Crippen molar-refractivity contribution < 1.29 is 97.9 Å². The van der Waals surface area contributed by atoms with Crippen LogP contribution in [0, 0.1) is 5.41 Å². The highest BCUT2D eigenvalue weighted by Gasteiger charge is 2.61. The van der Waals surface area contributed by atoms with E-state index in [4.69, 9.17) is 58.5 Å². The van der Waals surface area contributed by atoms with Crippen LogP contribution >= 0.6 is 23.2 Å². The molecule has 0 spiro atoms.